The van der Waals surface area contributed by atoms with Crippen LogP contribution in [0.4, 0.5) is 5.95 Å². The van der Waals surface area contributed by atoms with Crippen LogP contribution < -0.4 is 5.32 Å². The first-order valence-corrected chi connectivity index (χ1v) is 10.9. The number of benzene rings is 3. The quantitative estimate of drug-likeness (QED) is 0.316. The standard InChI is InChI=1S/C26H19ClN4O2/c27-19-11-8-16(9-12-19)10-13-23(32)20-6-3-7-21-24(20)30-26(29-21)31-25(33)22-14-17-4-1-2-5-18(17)15-28-22/h1-9,11-12,14-15H,10,13H2,(H2,29,30,31,33). The van der Waals surface area contributed by atoms with Crippen molar-refractivity contribution in [1.29, 1.82) is 0 Å². The lowest BCUT2D eigenvalue weighted by molar-refractivity contribution is 0.0982. The van der Waals surface area contributed by atoms with Gasteiger partial charge in [-0.25, -0.2) is 4.98 Å². The number of H-pyrrole nitrogens is 1. The lowest BCUT2D eigenvalue weighted by atomic mass is 10.0. The molecule has 2 heterocycles. The number of halogens is 1. The number of fused-ring (bicyclic) bond motifs is 2. The minimum atomic E-state index is -0.379. The number of hydrogen-bond donors (Lipinski definition) is 2. The Morgan fingerprint density at radius 1 is 0.939 bits per heavy atom. The summed E-state index contributed by atoms with van der Waals surface area (Å²) < 4.78 is 0. The molecular formula is C26H19ClN4O2. The van der Waals surface area contributed by atoms with Crippen molar-refractivity contribution in [2.24, 2.45) is 0 Å². The van der Waals surface area contributed by atoms with Crippen LogP contribution in [-0.2, 0) is 6.42 Å². The number of rotatable bonds is 6. The number of carbonyl (C=O) groups excluding carboxylic acids is 2. The van der Waals surface area contributed by atoms with Gasteiger partial charge in [-0.1, -0.05) is 54.1 Å². The predicted octanol–water partition coefficient (Wildman–Crippen LogP) is 5.83. The highest BCUT2D eigenvalue weighted by atomic mass is 35.5. The maximum atomic E-state index is 12.9. The van der Waals surface area contributed by atoms with Crippen LogP contribution in [0.5, 0.6) is 0 Å². The number of Topliss-reactive ketones (excluding diaryl/α,β-unsaturated/α-hetero) is 1. The molecule has 0 saturated heterocycles. The third kappa shape index (κ3) is 4.47. The molecule has 5 rings (SSSR count). The number of aromatic amines is 1. The van der Waals surface area contributed by atoms with Crippen LogP contribution in [0.15, 0.2) is 79.0 Å². The summed E-state index contributed by atoms with van der Waals surface area (Å²) in [5.41, 5.74) is 3.04. The van der Waals surface area contributed by atoms with Gasteiger partial charge in [-0.05, 0) is 47.7 Å². The van der Waals surface area contributed by atoms with Gasteiger partial charge in [0.1, 0.15) is 11.2 Å². The van der Waals surface area contributed by atoms with E-state index in [1.54, 1.807) is 24.4 Å². The van der Waals surface area contributed by atoms with E-state index in [4.69, 9.17) is 11.6 Å². The van der Waals surface area contributed by atoms with Crippen molar-refractivity contribution in [3.8, 4) is 0 Å². The Balaban J connectivity index is 1.34. The summed E-state index contributed by atoms with van der Waals surface area (Å²) in [4.78, 5) is 37.4. The number of anilines is 1. The van der Waals surface area contributed by atoms with Gasteiger partial charge in [0.2, 0.25) is 5.95 Å². The molecule has 0 radical (unpaired) electrons. The first-order chi connectivity index (χ1) is 16.1. The van der Waals surface area contributed by atoms with Gasteiger partial charge in [0, 0.05) is 28.6 Å². The number of ketones is 1. The zero-order chi connectivity index (χ0) is 22.8. The molecule has 1 amide bonds. The number of aryl methyl sites for hydroxylation is 1. The molecule has 2 N–H and O–H groups in total. The molecule has 0 aliphatic rings. The van der Waals surface area contributed by atoms with Gasteiger partial charge in [0.25, 0.3) is 5.91 Å². The number of aromatic nitrogens is 3. The summed E-state index contributed by atoms with van der Waals surface area (Å²) in [7, 11) is 0. The number of imidazole rings is 1. The molecule has 2 aromatic heterocycles. The molecule has 6 nitrogen and oxygen atoms in total. The van der Waals surface area contributed by atoms with E-state index in [0.29, 0.717) is 34.5 Å². The summed E-state index contributed by atoms with van der Waals surface area (Å²) in [6.45, 7) is 0. The summed E-state index contributed by atoms with van der Waals surface area (Å²) >= 11 is 5.93. The van der Waals surface area contributed by atoms with Crippen molar-refractivity contribution in [2.75, 3.05) is 5.32 Å². The molecule has 0 fully saturated rings. The molecule has 5 aromatic rings. The van der Waals surface area contributed by atoms with Crippen molar-refractivity contribution in [2.45, 2.75) is 12.8 Å². The molecule has 0 atom stereocenters. The average molecular weight is 455 g/mol. The number of nitrogens with zero attached hydrogens (tertiary/aromatic N) is 2. The predicted molar refractivity (Wildman–Crippen MR) is 130 cm³/mol. The zero-order valence-corrected chi connectivity index (χ0v) is 18.3. The summed E-state index contributed by atoms with van der Waals surface area (Å²) in [6.07, 6.45) is 2.62. The third-order valence-electron chi connectivity index (χ3n) is 5.46. The minimum absolute atomic E-state index is 0.0175. The highest BCUT2D eigenvalue weighted by Crippen LogP contribution is 2.22. The SMILES string of the molecule is O=C(Nc1nc2c(C(=O)CCc3ccc(Cl)cc3)cccc2[nH]1)c1cc2ccccc2cn1. The van der Waals surface area contributed by atoms with Gasteiger partial charge < -0.3 is 4.98 Å². The van der Waals surface area contributed by atoms with Gasteiger partial charge in [-0.2, -0.15) is 0 Å². The Hall–Kier alpha value is -4.03. The molecule has 0 unspecified atom stereocenters. The monoisotopic (exact) mass is 454 g/mol. The maximum absolute atomic E-state index is 12.9. The van der Waals surface area contributed by atoms with E-state index in [1.807, 2.05) is 54.6 Å². The molecule has 33 heavy (non-hydrogen) atoms. The number of pyridine rings is 1. The van der Waals surface area contributed by atoms with Crippen LogP contribution in [0, 0.1) is 0 Å². The Kier molecular flexibility index (Phi) is 5.59. The highest BCUT2D eigenvalue weighted by Gasteiger charge is 2.16. The van der Waals surface area contributed by atoms with Crippen molar-refractivity contribution < 1.29 is 9.59 Å². The van der Waals surface area contributed by atoms with Crippen LogP contribution in [0.2, 0.25) is 5.02 Å². The third-order valence-corrected chi connectivity index (χ3v) is 5.71. The molecule has 162 valence electrons. The lowest BCUT2D eigenvalue weighted by Crippen LogP contribution is -2.14. The van der Waals surface area contributed by atoms with Crippen molar-refractivity contribution >= 4 is 51.0 Å². The Bertz CT molecular complexity index is 1490. The highest BCUT2D eigenvalue weighted by molar-refractivity contribution is 6.30. The molecule has 0 spiro atoms. The second-order valence-electron chi connectivity index (χ2n) is 7.71. The summed E-state index contributed by atoms with van der Waals surface area (Å²) in [5, 5.41) is 5.30. The van der Waals surface area contributed by atoms with E-state index >= 15 is 0 Å². The Morgan fingerprint density at radius 3 is 2.55 bits per heavy atom. The van der Waals surface area contributed by atoms with Crippen molar-refractivity contribution in [1.82, 2.24) is 15.0 Å². The van der Waals surface area contributed by atoms with Gasteiger partial charge in [0.05, 0.1) is 5.52 Å². The first kappa shape index (κ1) is 20.8. The van der Waals surface area contributed by atoms with Crippen LogP contribution in [0.25, 0.3) is 21.8 Å². The smallest absolute Gasteiger partial charge is 0.276 e. The molecule has 0 aliphatic carbocycles. The number of nitrogens with one attached hydrogen (secondary N) is 2. The Morgan fingerprint density at radius 2 is 1.73 bits per heavy atom. The molecule has 0 aliphatic heterocycles. The van der Waals surface area contributed by atoms with Crippen LogP contribution in [0.1, 0.15) is 32.8 Å². The molecule has 0 bridgehead atoms. The summed E-state index contributed by atoms with van der Waals surface area (Å²) in [5.74, 6) is -0.130. The minimum Gasteiger partial charge on any atom is -0.324 e. The fourth-order valence-electron chi connectivity index (χ4n) is 3.74. The topological polar surface area (TPSA) is 87.7 Å². The van der Waals surface area contributed by atoms with Crippen LogP contribution >= 0.6 is 11.6 Å². The normalized spacial score (nSPS) is 11.1. The first-order valence-electron chi connectivity index (χ1n) is 10.5. The number of hydrogen-bond acceptors (Lipinski definition) is 4. The fourth-order valence-corrected chi connectivity index (χ4v) is 3.87. The van der Waals surface area contributed by atoms with Gasteiger partial charge in [0.15, 0.2) is 5.78 Å². The molecule has 0 saturated carbocycles. The van der Waals surface area contributed by atoms with Crippen molar-refractivity contribution in [3.05, 3.63) is 101 Å². The van der Waals surface area contributed by atoms with Crippen LogP contribution in [0.3, 0.4) is 0 Å². The largest absolute Gasteiger partial charge is 0.324 e. The molecular weight excluding hydrogens is 436 g/mol. The zero-order valence-electron chi connectivity index (χ0n) is 17.5. The maximum Gasteiger partial charge on any atom is 0.276 e. The lowest BCUT2D eigenvalue weighted by Gasteiger charge is -2.03. The van der Waals surface area contributed by atoms with E-state index in [0.717, 1.165) is 16.3 Å². The molecule has 7 heteroatoms. The van der Waals surface area contributed by atoms with E-state index in [9.17, 15) is 9.59 Å². The van der Waals surface area contributed by atoms with E-state index in [2.05, 4.69) is 20.3 Å². The summed E-state index contributed by atoms with van der Waals surface area (Å²) in [6, 6.07) is 22.3. The van der Waals surface area contributed by atoms with Gasteiger partial charge >= 0.3 is 0 Å². The number of amides is 1. The Labute approximate surface area is 194 Å². The van der Waals surface area contributed by atoms with E-state index in [-0.39, 0.29) is 23.3 Å². The second kappa shape index (κ2) is 8.84. The fraction of sp³-hybridized carbons (Fsp3) is 0.0769. The number of para-hydroxylation sites is 1. The second-order valence-corrected chi connectivity index (χ2v) is 8.14. The van der Waals surface area contributed by atoms with Gasteiger partial charge in [-0.3, -0.25) is 19.9 Å². The number of carbonyl (C=O) groups is 2. The average Bonchev–Trinajstić information content (AvgIpc) is 3.25. The van der Waals surface area contributed by atoms with E-state index < -0.39 is 0 Å². The van der Waals surface area contributed by atoms with Crippen molar-refractivity contribution in [3.63, 3.8) is 0 Å². The molecule has 3 aromatic carbocycles. The van der Waals surface area contributed by atoms with Gasteiger partial charge in [-0.15, -0.1) is 0 Å². The van der Waals surface area contributed by atoms with E-state index in [1.165, 1.54) is 0 Å². The van der Waals surface area contributed by atoms with Crippen LogP contribution in [-0.4, -0.2) is 26.6 Å².